The summed E-state index contributed by atoms with van der Waals surface area (Å²) in [6, 6.07) is 4.96. The van der Waals surface area contributed by atoms with Crippen LogP contribution in [0.1, 0.15) is 17.7 Å². The van der Waals surface area contributed by atoms with Gasteiger partial charge >= 0.3 is 0 Å². The summed E-state index contributed by atoms with van der Waals surface area (Å²) in [5, 5.41) is 0.938. The minimum absolute atomic E-state index is 0.0513. The van der Waals surface area contributed by atoms with Crippen molar-refractivity contribution in [2.75, 3.05) is 26.7 Å². The molecule has 1 aromatic heterocycles. The van der Waals surface area contributed by atoms with Crippen molar-refractivity contribution in [3.63, 3.8) is 0 Å². The summed E-state index contributed by atoms with van der Waals surface area (Å²) in [5.41, 5.74) is 3.17. The van der Waals surface area contributed by atoms with Gasteiger partial charge in [-0.05, 0) is 37.1 Å². The quantitative estimate of drug-likeness (QED) is 0.916. The average molecular weight is 331 g/mol. The number of hydrogen-bond acceptors (Lipinski definition) is 3. The molecule has 128 valence electrons. The molecule has 0 spiro atoms. The Balaban J connectivity index is 1.53. The molecule has 2 fully saturated rings. The van der Waals surface area contributed by atoms with Crippen LogP contribution in [0.5, 0.6) is 0 Å². The smallest absolute Gasteiger partial charge is 0.248 e. The van der Waals surface area contributed by atoms with Gasteiger partial charge in [0.2, 0.25) is 5.91 Å². The van der Waals surface area contributed by atoms with Gasteiger partial charge in [0, 0.05) is 43.3 Å². The Labute approximate surface area is 140 Å². The van der Waals surface area contributed by atoms with E-state index in [1.807, 2.05) is 18.9 Å². The zero-order chi connectivity index (χ0) is 16.8. The van der Waals surface area contributed by atoms with Crippen LogP contribution in [0.3, 0.4) is 0 Å². The lowest BCUT2D eigenvalue weighted by atomic mass is 9.98. The molecule has 0 unspecified atom stereocenters. The molecule has 0 radical (unpaired) electrons. The average Bonchev–Trinajstić information content (AvgIpc) is 2.87. The van der Waals surface area contributed by atoms with E-state index in [1.54, 1.807) is 12.1 Å². The second kappa shape index (κ2) is 5.86. The van der Waals surface area contributed by atoms with E-state index in [9.17, 15) is 9.18 Å². The summed E-state index contributed by atoms with van der Waals surface area (Å²) < 4.78 is 19.2. The van der Waals surface area contributed by atoms with Crippen LogP contribution in [0.2, 0.25) is 0 Å². The Hall–Kier alpha value is -1.92. The van der Waals surface area contributed by atoms with Gasteiger partial charge in [0.05, 0.1) is 12.1 Å². The fourth-order valence-corrected chi connectivity index (χ4v) is 3.89. The number of carbonyl (C=O) groups excluding carboxylic acids is 1. The second-order valence-electron chi connectivity index (χ2n) is 6.86. The van der Waals surface area contributed by atoms with Crippen LogP contribution in [0, 0.1) is 12.7 Å². The monoisotopic (exact) mass is 331 g/mol. The fourth-order valence-electron chi connectivity index (χ4n) is 3.89. The lowest BCUT2D eigenvalue weighted by Crippen LogP contribution is -2.60. The molecule has 3 heterocycles. The van der Waals surface area contributed by atoms with Crippen molar-refractivity contribution in [3.05, 3.63) is 35.3 Å². The molecule has 5 nitrogen and oxygen atoms in total. The molecule has 2 saturated heterocycles. The van der Waals surface area contributed by atoms with Crippen LogP contribution in [0.15, 0.2) is 18.2 Å². The Morgan fingerprint density at radius 2 is 2.25 bits per heavy atom. The highest BCUT2D eigenvalue weighted by molar-refractivity contribution is 5.84. The van der Waals surface area contributed by atoms with E-state index in [1.165, 1.54) is 6.07 Å². The number of nitrogens with zero attached hydrogens (tertiary/aromatic N) is 2. The van der Waals surface area contributed by atoms with E-state index in [2.05, 4.69) is 9.88 Å². The SMILES string of the molecule is Cc1c(CN2CC[C@H]3OCC(=O)N(C)[C@H]3C2)[nH]c2ccc(F)cc12. The molecular formula is C18H22FN3O2. The van der Waals surface area contributed by atoms with Crippen LogP contribution < -0.4 is 0 Å². The topological polar surface area (TPSA) is 48.6 Å². The number of fused-ring (bicyclic) bond motifs is 2. The molecule has 0 bridgehead atoms. The van der Waals surface area contributed by atoms with E-state index >= 15 is 0 Å². The number of benzene rings is 1. The van der Waals surface area contributed by atoms with Gasteiger partial charge < -0.3 is 14.6 Å². The molecule has 2 aliphatic heterocycles. The number of ether oxygens (including phenoxy) is 1. The summed E-state index contributed by atoms with van der Waals surface area (Å²) in [4.78, 5) is 19.4. The number of piperidine rings is 1. The first-order chi connectivity index (χ1) is 11.5. The molecule has 2 aliphatic rings. The number of carbonyl (C=O) groups is 1. The Morgan fingerprint density at radius 1 is 1.42 bits per heavy atom. The van der Waals surface area contributed by atoms with E-state index in [0.717, 1.165) is 48.2 Å². The normalized spacial score (nSPS) is 25.3. The van der Waals surface area contributed by atoms with Gasteiger partial charge in [0.25, 0.3) is 0 Å². The van der Waals surface area contributed by atoms with E-state index < -0.39 is 0 Å². The van der Waals surface area contributed by atoms with Gasteiger partial charge in [-0.15, -0.1) is 0 Å². The van der Waals surface area contributed by atoms with Gasteiger partial charge in [-0.25, -0.2) is 4.39 Å². The number of aromatic amines is 1. The highest BCUT2D eigenvalue weighted by Crippen LogP contribution is 2.27. The second-order valence-corrected chi connectivity index (χ2v) is 6.86. The molecule has 1 aromatic carbocycles. The van der Waals surface area contributed by atoms with Crippen molar-refractivity contribution in [1.82, 2.24) is 14.8 Å². The lowest BCUT2D eigenvalue weighted by molar-refractivity contribution is -0.160. The summed E-state index contributed by atoms with van der Waals surface area (Å²) in [5.74, 6) is -0.160. The van der Waals surface area contributed by atoms with Crippen molar-refractivity contribution in [2.24, 2.45) is 0 Å². The first kappa shape index (κ1) is 15.6. The highest BCUT2D eigenvalue weighted by Gasteiger charge is 2.38. The molecule has 4 rings (SSSR count). The van der Waals surface area contributed by atoms with Crippen molar-refractivity contribution in [2.45, 2.75) is 32.0 Å². The maximum Gasteiger partial charge on any atom is 0.248 e. The standard InChI is InChI=1S/C18H22FN3O2/c1-11-13-7-12(19)3-4-14(13)20-15(11)8-22-6-5-17-16(9-22)21(2)18(23)10-24-17/h3-4,7,16-17,20H,5-6,8-10H2,1-2H3/t16-,17+/m0/s1. The Bertz CT molecular complexity index is 788. The van der Waals surface area contributed by atoms with E-state index in [-0.39, 0.29) is 30.5 Å². The van der Waals surface area contributed by atoms with Gasteiger partial charge in [-0.2, -0.15) is 0 Å². The number of nitrogens with one attached hydrogen (secondary N) is 1. The number of rotatable bonds is 2. The predicted octanol–water partition coefficient (Wildman–Crippen LogP) is 2.05. The minimum Gasteiger partial charge on any atom is -0.366 e. The van der Waals surface area contributed by atoms with Gasteiger partial charge in [-0.1, -0.05) is 0 Å². The van der Waals surface area contributed by atoms with Crippen LogP contribution in [0.25, 0.3) is 10.9 Å². The number of halogens is 1. The number of aryl methyl sites for hydroxylation is 1. The Morgan fingerprint density at radius 3 is 3.08 bits per heavy atom. The molecule has 6 heteroatoms. The molecule has 0 aliphatic carbocycles. The number of amides is 1. The van der Waals surface area contributed by atoms with Crippen LogP contribution in [-0.4, -0.2) is 59.6 Å². The summed E-state index contributed by atoms with van der Waals surface area (Å²) in [7, 11) is 1.86. The number of H-pyrrole nitrogens is 1. The minimum atomic E-state index is -0.212. The molecule has 0 saturated carbocycles. The lowest BCUT2D eigenvalue weighted by Gasteiger charge is -2.45. The van der Waals surface area contributed by atoms with E-state index in [0.29, 0.717) is 0 Å². The zero-order valence-electron chi connectivity index (χ0n) is 14.0. The number of aromatic nitrogens is 1. The first-order valence-electron chi connectivity index (χ1n) is 8.39. The summed E-state index contributed by atoms with van der Waals surface area (Å²) >= 11 is 0. The first-order valence-corrected chi connectivity index (χ1v) is 8.39. The van der Waals surface area contributed by atoms with Gasteiger partial charge in [0.1, 0.15) is 12.4 Å². The van der Waals surface area contributed by atoms with Crippen molar-refractivity contribution < 1.29 is 13.9 Å². The van der Waals surface area contributed by atoms with Crippen molar-refractivity contribution in [3.8, 4) is 0 Å². The Kier molecular flexibility index (Phi) is 3.81. The number of likely N-dealkylation sites (N-methyl/N-ethyl adjacent to an activating group) is 1. The van der Waals surface area contributed by atoms with Gasteiger partial charge in [-0.3, -0.25) is 9.69 Å². The molecule has 2 atom stereocenters. The molecule has 24 heavy (non-hydrogen) atoms. The zero-order valence-corrected chi connectivity index (χ0v) is 14.0. The number of morpholine rings is 1. The third kappa shape index (κ3) is 2.59. The van der Waals surface area contributed by atoms with Crippen LogP contribution in [-0.2, 0) is 16.1 Å². The van der Waals surface area contributed by atoms with Crippen LogP contribution >= 0.6 is 0 Å². The third-order valence-corrected chi connectivity index (χ3v) is 5.42. The third-order valence-electron chi connectivity index (χ3n) is 5.42. The summed E-state index contributed by atoms with van der Waals surface area (Å²) in [6.45, 7) is 4.74. The molecule has 2 aromatic rings. The predicted molar refractivity (Wildman–Crippen MR) is 89.2 cm³/mol. The van der Waals surface area contributed by atoms with Gasteiger partial charge in [0.15, 0.2) is 0 Å². The number of likely N-dealkylation sites (tertiary alicyclic amines) is 1. The molecule has 1 N–H and O–H groups in total. The molecular weight excluding hydrogens is 309 g/mol. The maximum atomic E-state index is 13.5. The molecule has 1 amide bonds. The van der Waals surface area contributed by atoms with Crippen molar-refractivity contribution in [1.29, 1.82) is 0 Å². The van der Waals surface area contributed by atoms with Crippen molar-refractivity contribution >= 4 is 16.8 Å². The fraction of sp³-hybridized carbons (Fsp3) is 0.500. The highest BCUT2D eigenvalue weighted by atomic mass is 19.1. The largest absolute Gasteiger partial charge is 0.366 e. The maximum absolute atomic E-state index is 13.5. The van der Waals surface area contributed by atoms with Crippen LogP contribution in [0.4, 0.5) is 4.39 Å². The summed E-state index contributed by atoms with van der Waals surface area (Å²) in [6.07, 6.45) is 1.07. The number of hydrogen-bond donors (Lipinski definition) is 1. The van der Waals surface area contributed by atoms with E-state index in [4.69, 9.17) is 4.74 Å².